The summed E-state index contributed by atoms with van der Waals surface area (Å²) in [4.78, 5) is 11.1. The highest BCUT2D eigenvalue weighted by molar-refractivity contribution is 7.99. The van der Waals surface area contributed by atoms with E-state index in [1.807, 2.05) is 0 Å². The van der Waals surface area contributed by atoms with Crippen LogP contribution in [0.5, 0.6) is 0 Å². The Bertz CT molecular complexity index is 584. The Morgan fingerprint density at radius 1 is 1.33 bits per heavy atom. The van der Waals surface area contributed by atoms with E-state index in [1.165, 1.54) is 15.8 Å². The van der Waals surface area contributed by atoms with E-state index in [9.17, 15) is 0 Å². The maximum absolute atomic E-state index is 8.49. The molecule has 0 unspecified atom stereocenters. The summed E-state index contributed by atoms with van der Waals surface area (Å²) in [6, 6.07) is 2.18. The number of fused-ring (bicyclic) bond motifs is 1. The molecule has 0 amide bonds. The number of thioether (sulfide) groups is 1. The van der Waals surface area contributed by atoms with Gasteiger partial charge in [-0.2, -0.15) is 5.26 Å². The summed E-state index contributed by atoms with van der Waals surface area (Å²) in [5, 5.41) is 10.8. The zero-order valence-electron chi connectivity index (χ0n) is 10.6. The molecule has 0 radical (unpaired) electrons. The van der Waals surface area contributed by atoms with Crippen LogP contribution in [-0.2, 0) is 0 Å². The average molecular weight is 277 g/mol. The Morgan fingerprint density at radius 3 is 2.94 bits per heavy atom. The third-order valence-electron chi connectivity index (χ3n) is 2.85. The zero-order chi connectivity index (χ0) is 13.0. The van der Waals surface area contributed by atoms with Gasteiger partial charge in [-0.1, -0.05) is 0 Å². The van der Waals surface area contributed by atoms with Crippen LogP contribution in [-0.4, -0.2) is 15.7 Å². The average Bonchev–Trinajstić information content (AvgIpc) is 2.66. The fourth-order valence-electron chi connectivity index (χ4n) is 1.73. The molecule has 0 aromatic carbocycles. The maximum Gasteiger partial charge on any atom is 0.128 e. The smallest absolute Gasteiger partial charge is 0.128 e. The number of nitriles is 1. The Kier molecular flexibility index (Phi) is 4.56. The SMILES string of the molecule is Cc1sc2ncnc(SCCCCC#N)c2c1C. The van der Waals surface area contributed by atoms with Crippen LogP contribution >= 0.6 is 23.1 Å². The van der Waals surface area contributed by atoms with Gasteiger partial charge < -0.3 is 0 Å². The number of nitrogens with zero attached hydrogens (tertiary/aromatic N) is 3. The summed E-state index contributed by atoms with van der Waals surface area (Å²) in [5.74, 6) is 1.02. The number of hydrogen-bond acceptors (Lipinski definition) is 5. The number of thiophene rings is 1. The minimum atomic E-state index is 0.649. The van der Waals surface area contributed by atoms with E-state index in [-0.39, 0.29) is 0 Å². The maximum atomic E-state index is 8.49. The lowest BCUT2D eigenvalue weighted by molar-refractivity contribution is 0.829. The van der Waals surface area contributed by atoms with E-state index in [1.54, 1.807) is 29.4 Å². The summed E-state index contributed by atoms with van der Waals surface area (Å²) in [6.07, 6.45) is 4.33. The standard InChI is InChI=1S/C13H15N3S2/c1-9-10(2)18-13-11(9)12(15-8-16-13)17-7-5-3-4-6-14/h8H,3-5,7H2,1-2H3. The lowest BCUT2D eigenvalue weighted by Gasteiger charge is -2.02. The largest absolute Gasteiger partial charge is 0.229 e. The minimum Gasteiger partial charge on any atom is -0.229 e. The van der Waals surface area contributed by atoms with Crippen molar-refractivity contribution in [1.29, 1.82) is 5.26 Å². The number of aromatic nitrogens is 2. The van der Waals surface area contributed by atoms with Gasteiger partial charge in [0.2, 0.25) is 0 Å². The molecule has 0 spiro atoms. The molecule has 0 aliphatic carbocycles. The van der Waals surface area contributed by atoms with Gasteiger partial charge in [0, 0.05) is 16.7 Å². The van der Waals surface area contributed by atoms with Crippen molar-refractivity contribution >= 4 is 33.3 Å². The predicted octanol–water partition coefficient (Wildman–Crippen LogP) is 4.09. The van der Waals surface area contributed by atoms with Gasteiger partial charge in [-0.05, 0) is 38.0 Å². The molecular formula is C13H15N3S2. The van der Waals surface area contributed by atoms with Crippen LogP contribution in [0.25, 0.3) is 10.2 Å². The van der Waals surface area contributed by atoms with Crippen molar-refractivity contribution in [2.75, 3.05) is 5.75 Å². The molecule has 0 aliphatic rings. The highest BCUT2D eigenvalue weighted by Crippen LogP contribution is 2.34. The number of aryl methyl sites for hydroxylation is 2. The monoisotopic (exact) mass is 277 g/mol. The Morgan fingerprint density at radius 2 is 2.17 bits per heavy atom. The molecule has 94 valence electrons. The highest BCUT2D eigenvalue weighted by atomic mass is 32.2. The van der Waals surface area contributed by atoms with Crippen molar-refractivity contribution < 1.29 is 0 Å². The van der Waals surface area contributed by atoms with Crippen LogP contribution in [0.2, 0.25) is 0 Å². The van der Waals surface area contributed by atoms with Crippen molar-refractivity contribution in [2.45, 2.75) is 38.1 Å². The molecule has 2 aromatic heterocycles. The molecule has 2 aromatic rings. The van der Waals surface area contributed by atoms with Crippen molar-refractivity contribution in [1.82, 2.24) is 9.97 Å². The molecule has 0 aliphatic heterocycles. The van der Waals surface area contributed by atoms with E-state index < -0.39 is 0 Å². The predicted molar refractivity (Wildman–Crippen MR) is 77.1 cm³/mol. The highest BCUT2D eigenvalue weighted by Gasteiger charge is 2.11. The van der Waals surface area contributed by atoms with E-state index in [4.69, 9.17) is 5.26 Å². The molecule has 0 fully saturated rings. The van der Waals surface area contributed by atoms with Gasteiger partial charge in [0.15, 0.2) is 0 Å². The Labute approximate surface area is 115 Å². The second kappa shape index (κ2) is 6.17. The molecule has 0 atom stereocenters. The minimum absolute atomic E-state index is 0.649. The first-order valence-electron chi connectivity index (χ1n) is 5.94. The summed E-state index contributed by atoms with van der Waals surface area (Å²) in [7, 11) is 0. The molecule has 2 heterocycles. The van der Waals surface area contributed by atoms with E-state index in [2.05, 4.69) is 29.9 Å². The fourth-order valence-corrected chi connectivity index (χ4v) is 3.85. The van der Waals surface area contributed by atoms with Crippen LogP contribution in [0.4, 0.5) is 0 Å². The van der Waals surface area contributed by atoms with Gasteiger partial charge in [0.05, 0.1) is 6.07 Å². The lowest BCUT2D eigenvalue weighted by atomic mass is 10.2. The normalized spacial score (nSPS) is 10.7. The Hall–Kier alpha value is -1.12. The molecule has 5 heteroatoms. The molecule has 18 heavy (non-hydrogen) atoms. The first-order valence-corrected chi connectivity index (χ1v) is 7.74. The van der Waals surface area contributed by atoms with Crippen LogP contribution in [0, 0.1) is 25.2 Å². The van der Waals surface area contributed by atoms with Crippen LogP contribution in [0.15, 0.2) is 11.4 Å². The van der Waals surface area contributed by atoms with Gasteiger partial charge in [0.25, 0.3) is 0 Å². The third-order valence-corrected chi connectivity index (χ3v) is 5.04. The van der Waals surface area contributed by atoms with Gasteiger partial charge in [0.1, 0.15) is 16.2 Å². The van der Waals surface area contributed by atoms with Gasteiger partial charge in [-0.25, -0.2) is 9.97 Å². The molecule has 2 rings (SSSR count). The summed E-state index contributed by atoms with van der Waals surface area (Å²) in [6.45, 7) is 4.26. The lowest BCUT2D eigenvalue weighted by Crippen LogP contribution is -1.87. The molecule has 0 saturated carbocycles. The van der Waals surface area contributed by atoms with Crippen molar-refractivity contribution in [3.63, 3.8) is 0 Å². The summed E-state index contributed by atoms with van der Waals surface area (Å²) in [5.41, 5.74) is 1.30. The molecule has 0 N–H and O–H groups in total. The second-order valence-electron chi connectivity index (χ2n) is 4.11. The van der Waals surface area contributed by atoms with E-state index >= 15 is 0 Å². The molecule has 0 bridgehead atoms. The molecular weight excluding hydrogens is 262 g/mol. The van der Waals surface area contributed by atoms with Crippen molar-refractivity contribution in [3.8, 4) is 6.07 Å². The Balaban J connectivity index is 2.11. The van der Waals surface area contributed by atoms with Crippen LogP contribution in [0.1, 0.15) is 29.7 Å². The first-order chi connectivity index (χ1) is 8.74. The topological polar surface area (TPSA) is 49.6 Å². The third kappa shape index (κ3) is 2.82. The van der Waals surface area contributed by atoms with Gasteiger partial charge in [-0.3, -0.25) is 0 Å². The van der Waals surface area contributed by atoms with Gasteiger partial charge >= 0.3 is 0 Å². The fraction of sp³-hybridized carbons (Fsp3) is 0.462. The van der Waals surface area contributed by atoms with E-state index in [0.29, 0.717) is 6.42 Å². The van der Waals surface area contributed by atoms with Crippen molar-refractivity contribution in [2.24, 2.45) is 0 Å². The van der Waals surface area contributed by atoms with Crippen LogP contribution in [0.3, 0.4) is 0 Å². The number of hydrogen-bond donors (Lipinski definition) is 0. The first kappa shape index (κ1) is 13.3. The molecule has 3 nitrogen and oxygen atoms in total. The summed E-state index contributed by atoms with van der Waals surface area (Å²) >= 11 is 3.51. The summed E-state index contributed by atoms with van der Waals surface area (Å²) < 4.78 is 0. The van der Waals surface area contributed by atoms with Crippen LogP contribution < -0.4 is 0 Å². The second-order valence-corrected chi connectivity index (χ2v) is 6.39. The zero-order valence-corrected chi connectivity index (χ0v) is 12.2. The number of unbranched alkanes of at least 4 members (excludes halogenated alkanes) is 2. The van der Waals surface area contributed by atoms with Gasteiger partial charge in [-0.15, -0.1) is 23.1 Å². The molecule has 0 saturated heterocycles. The van der Waals surface area contributed by atoms with E-state index in [0.717, 1.165) is 28.5 Å². The number of rotatable bonds is 5. The van der Waals surface area contributed by atoms with Crippen molar-refractivity contribution in [3.05, 3.63) is 16.8 Å². The quantitative estimate of drug-likeness (QED) is 0.469.